The average Bonchev–Trinajstić information content (AvgIpc) is 2.36. The number of aliphatic hydroxyl groups excluding tert-OH is 1. The van der Waals surface area contributed by atoms with E-state index in [0.717, 1.165) is 12.8 Å². The lowest BCUT2D eigenvalue weighted by atomic mass is 10.2. The van der Waals surface area contributed by atoms with Gasteiger partial charge in [-0.3, -0.25) is 0 Å². The van der Waals surface area contributed by atoms with Crippen LogP contribution in [0.4, 0.5) is 0 Å². The molecule has 0 unspecified atom stereocenters. The van der Waals surface area contributed by atoms with Gasteiger partial charge in [-0.2, -0.15) is 0 Å². The van der Waals surface area contributed by atoms with Crippen molar-refractivity contribution in [3.63, 3.8) is 0 Å². The molecular weight excluding hydrogens is 126 g/mol. The largest absolute Gasteiger partial charge is 0.396 e. The standard InChI is InChI=1S/C8H17NO/c1-3-6-7(4-5-10)8(6,2)9/h6-7,10H,3-5,9H2,1-2H3/t6-,7+,8-/m1/s1. The van der Waals surface area contributed by atoms with Crippen LogP contribution in [-0.2, 0) is 0 Å². The lowest BCUT2D eigenvalue weighted by Gasteiger charge is -1.99. The minimum atomic E-state index is 0.0253. The van der Waals surface area contributed by atoms with Crippen LogP contribution in [0, 0.1) is 11.8 Å². The van der Waals surface area contributed by atoms with E-state index in [2.05, 4.69) is 13.8 Å². The SMILES string of the molecule is CC[C@@H]1[C@H](CCO)[C@]1(C)N. The third kappa shape index (κ3) is 1.06. The van der Waals surface area contributed by atoms with Crippen LogP contribution in [0.5, 0.6) is 0 Å². The molecule has 0 bridgehead atoms. The molecule has 0 aliphatic heterocycles. The van der Waals surface area contributed by atoms with Crippen molar-refractivity contribution in [3.8, 4) is 0 Å². The van der Waals surface area contributed by atoms with Gasteiger partial charge in [0.25, 0.3) is 0 Å². The van der Waals surface area contributed by atoms with E-state index in [-0.39, 0.29) is 12.1 Å². The fourth-order valence-electron chi connectivity index (χ4n) is 2.10. The maximum absolute atomic E-state index is 8.67. The van der Waals surface area contributed by atoms with Crippen LogP contribution in [0.2, 0.25) is 0 Å². The Balaban J connectivity index is 2.37. The molecule has 0 aromatic carbocycles. The zero-order valence-corrected chi connectivity index (χ0v) is 6.80. The van der Waals surface area contributed by atoms with E-state index in [9.17, 15) is 0 Å². The second kappa shape index (κ2) is 2.51. The first kappa shape index (κ1) is 8.02. The highest BCUT2D eigenvalue weighted by atomic mass is 16.3. The van der Waals surface area contributed by atoms with E-state index in [1.54, 1.807) is 0 Å². The lowest BCUT2D eigenvalue weighted by molar-refractivity contribution is 0.273. The maximum atomic E-state index is 8.67. The molecule has 3 N–H and O–H groups in total. The van der Waals surface area contributed by atoms with Crippen molar-refractivity contribution in [1.82, 2.24) is 0 Å². The van der Waals surface area contributed by atoms with Gasteiger partial charge in [-0.25, -0.2) is 0 Å². The van der Waals surface area contributed by atoms with Gasteiger partial charge in [-0.15, -0.1) is 0 Å². The van der Waals surface area contributed by atoms with Crippen LogP contribution in [0.3, 0.4) is 0 Å². The Morgan fingerprint density at radius 1 is 1.50 bits per heavy atom. The lowest BCUT2D eigenvalue weighted by Crippen LogP contribution is -2.21. The summed E-state index contributed by atoms with van der Waals surface area (Å²) in [5.74, 6) is 1.22. The Hall–Kier alpha value is -0.0800. The van der Waals surface area contributed by atoms with Crippen molar-refractivity contribution >= 4 is 0 Å². The van der Waals surface area contributed by atoms with E-state index < -0.39 is 0 Å². The van der Waals surface area contributed by atoms with Crippen molar-refractivity contribution in [2.75, 3.05) is 6.61 Å². The molecule has 0 spiro atoms. The molecule has 1 rings (SSSR count). The first-order chi connectivity index (χ1) is 4.64. The Morgan fingerprint density at radius 3 is 2.40 bits per heavy atom. The molecule has 0 aromatic heterocycles. The second-order valence-electron chi connectivity index (χ2n) is 3.50. The molecule has 3 atom stereocenters. The summed E-state index contributed by atoms with van der Waals surface area (Å²) in [4.78, 5) is 0. The number of hydrogen-bond donors (Lipinski definition) is 2. The first-order valence-electron chi connectivity index (χ1n) is 4.04. The van der Waals surface area contributed by atoms with Gasteiger partial charge >= 0.3 is 0 Å². The van der Waals surface area contributed by atoms with Crippen LogP contribution in [0.25, 0.3) is 0 Å². The van der Waals surface area contributed by atoms with Gasteiger partial charge in [0, 0.05) is 12.1 Å². The van der Waals surface area contributed by atoms with Crippen molar-refractivity contribution < 1.29 is 5.11 Å². The van der Waals surface area contributed by atoms with Crippen LogP contribution >= 0.6 is 0 Å². The minimum Gasteiger partial charge on any atom is -0.396 e. The molecule has 1 aliphatic carbocycles. The molecule has 1 fully saturated rings. The molecule has 60 valence electrons. The Morgan fingerprint density at radius 2 is 2.10 bits per heavy atom. The summed E-state index contributed by atoms with van der Waals surface area (Å²) in [6, 6.07) is 0. The van der Waals surface area contributed by atoms with Gasteiger partial charge in [-0.1, -0.05) is 13.3 Å². The summed E-state index contributed by atoms with van der Waals surface area (Å²) in [7, 11) is 0. The van der Waals surface area contributed by atoms with Crippen molar-refractivity contribution in [2.45, 2.75) is 32.2 Å². The molecule has 1 saturated carbocycles. The normalized spacial score (nSPS) is 45.6. The quantitative estimate of drug-likeness (QED) is 0.612. The topological polar surface area (TPSA) is 46.2 Å². The van der Waals surface area contributed by atoms with E-state index in [1.807, 2.05) is 0 Å². The smallest absolute Gasteiger partial charge is 0.0434 e. The number of hydrogen-bond acceptors (Lipinski definition) is 2. The van der Waals surface area contributed by atoms with Gasteiger partial charge in [0.05, 0.1) is 0 Å². The molecule has 2 nitrogen and oxygen atoms in total. The van der Waals surface area contributed by atoms with Gasteiger partial charge in [0.2, 0.25) is 0 Å². The first-order valence-corrected chi connectivity index (χ1v) is 4.04. The maximum Gasteiger partial charge on any atom is 0.0434 e. The average molecular weight is 143 g/mol. The van der Waals surface area contributed by atoms with Gasteiger partial charge in [-0.05, 0) is 25.2 Å². The highest BCUT2D eigenvalue weighted by molar-refractivity contribution is 5.11. The zero-order chi connectivity index (χ0) is 7.78. The predicted molar refractivity (Wildman–Crippen MR) is 41.6 cm³/mol. The van der Waals surface area contributed by atoms with Gasteiger partial charge in [0.15, 0.2) is 0 Å². The Kier molecular flexibility index (Phi) is 2.02. The Labute approximate surface area is 62.4 Å². The monoisotopic (exact) mass is 143 g/mol. The number of nitrogens with two attached hydrogens (primary N) is 1. The molecule has 0 radical (unpaired) electrons. The van der Waals surface area contributed by atoms with E-state index in [0.29, 0.717) is 11.8 Å². The van der Waals surface area contributed by atoms with Crippen LogP contribution in [0.15, 0.2) is 0 Å². The molecule has 0 amide bonds. The fraction of sp³-hybridized carbons (Fsp3) is 1.00. The highest BCUT2D eigenvalue weighted by Crippen LogP contribution is 2.51. The molecule has 0 aromatic rings. The second-order valence-corrected chi connectivity index (χ2v) is 3.50. The van der Waals surface area contributed by atoms with Crippen molar-refractivity contribution in [2.24, 2.45) is 17.6 Å². The third-order valence-corrected chi connectivity index (χ3v) is 2.85. The summed E-state index contributed by atoms with van der Waals surface area (Å²) in [5.41, 5.74) is 5.96. The van der Waals surface area contributed by atoms with Crippen LogP contribution in [-0.4, -0.2) is 17.3 Å². The summed E-state index contributed by atoms with van der Waals surface area (Å²) in [5, 5.41) is 8.67. The fourth-order valence-corrected chi connectivity index (χ4v) is 2.10. The summed E-state index contributed by atoms with van der Waals surface area (Å²) < 4.78 is 0. The van der Waals surface area contributed by atoms with Gasteiger partial charge < -0.3 is 10.8 Å². The van der Waals surface area contributed by atoms with E-state index >= 15 is 0 Å². The Bertz CT molecular complexity index is 122. The summed E-state index contributed by atoms with van der Waals surface area (Å²) in [6.45, 7) is 4.53. The zero-order valence-electron chi connectivity index (χ0n) is 6.80. The van der Waals surface area contributed by atoms with Crippen molar-refractivity contribution in [1.29, 1.82) is 0 Å². The minimum absolute atomic E-state index is 0.0253. The van der Waals surface area contributed by atoms with E-state index in [4.69, 9.17) is 10.8 Å². The molecule has 0 saturated heterocycles. The van der Waals surface area contributed by atoms with Crippen LogP contribution < -0.4 is 5.73 Å². The molecule has 1 aliphatic rings. The van der Waals surface area contributed by atoms with Gasteiger partial charge in [0.1, 0.15) is 0 Å². The predicted octanol–water partition coefficient (Wildman–Crippen LogP) is 0.742. The molecular formula is C8H17NO. The van der Waals surface area contributed by atoms with Crippen molar-refractivity contribution in [3.05, 3.63) is 0 Å². The molecule has 0 heterocycles. The molecule has 2 heteroatoms. The third-order valence-electron chi connectivity index (χ3n) is 2.85. The summed E-state index contributed by atoms with van der Waals surface area (Å²) in [6.07, 6.45) is 2.03. The highest BCUT2D eigenvalue weighted by Gasteiger charge is 2.56. The number of aliphatic hydroxyl groups is 1. The van der Waals surface area contributed by atoms with E-state index in [1.165, 1.54) is 0 Å². The van der Waals surface area contributed by atoms with Crippen LogP contribution in [0.1, 0.15) is 26.7 Å². The summed E-state index contributed by atoms with van der Waals surface area (Å²) >= 11 is 0. The molecule has 10 heavy (non-hydrogen) atoms. The number of rotatable bonds is 3.